The molecule has 1 aromatic heterocycles. The average Bonchev–Trinajstić information content (AvgIpc) is 3.54. The number of benzene rings is 2. The van der Waals surface area contributed by atoms with Crippen LogP contribution < -0.4 is 9.64 Å². The molecule has 3 heterocycles. The van der Waals surface area contributed by atoms with Crippen LogP contribution in [0.15, 0.2) is 55.1 Å². The molecular formula is C26H29Cl2N5O4. The molecule has 3 aromatic rings. The molecule has 0 bridgehead atoms. The number of piperazine rings is 1. The second-order valence-electron chi connectivity index (χ2n) is 9.33. The molecule has 0 N–H and O–H groups in total. The van der Waals surface area contributed by atoms with Crippen molar-refractivity contribution in [3.63, 3.8) is 0 Å². The van der Waals surface area contributed by atoms with Gasteiger partial charge in [0.05, 0.1) is 11.6 Å². The first-order valence-corrected chi connectivity index (χ1v) is 12.9. The lowest BCUT2D eigenvalue weighted by atomic mass is 10.1. The third-order valence-corrected chi connectivity index (χ3v) is 7.26. The van der Waals surface area contributed by atoms with Gasteiger partial charge in [-0.05, 0) is 43.3 Å². The lowest BCUT2D eigenvalue weighted by Gasteiger charge is -2.41. The number of rotatable bonds is 7. The van der Waals surface area contributed by atoms with Crippen LogP contribution >= 0.6 is 23.2 Å². The second kappa shape index (κ2) is 10.9. The van der Waals surface area contributed by atoms with Gasteiger partial charge in [-0.15, -0.1) is 0 Å². The monoisotopic (exact) mass is 545 g/mol. The quantitative estimate of drug-likeness (QED) is 0.443. The molecule has 2 aliphatic rings. The Morgan fingerprint density at radius 1 is 1.19 bits per heavy atom. The Labute approximate surface area is 225 Å². The predicted molar refractivity (Wildman–Crippen MR) is 140 cm³/mol. The number of amides is 1. The van der Waals surface area contributed by atoms with Gasteiger partial charge in [0.25, 0.3) is 0 Å². The van der Waals surface area contributed by atoms with Crippen molar-refractivity contribution in [2.75, 3.05) is 37.7 Å². The van der Waals surface area contributed by atoms with Crippen molar-refractivity contribution in [3.8, 4) is 5.75 Å². The van der Waals surface area contributed by atoms with E-state index in [0.29, 0.717) is 28.8 Å². The van der Waals surface area contributed by atoms with E-state index in [9.17, 15) is 4.79 Å². The number of halogens is 2. The summed E-state index contributed by atoms with van der Waals surface area (Å²) in [6, 6.07) is 13.5. The third kappa shape index (κ3) is 5.70. The number of aromatic nitrogens is 3. The van der Waals surface area contributed by atoms with E-state index in [4.69, 9.17) is 37.4 Å². The molecule has 0 radical (unpaired) electrons. The summed E-state index contributed by atoms with van der Waals surface area (Å²) in [7, 11) is 0. The number of carbonyl (C=O) groups excluding carboxylic acids is 1. The molecule has 5 rings (SSSR count). The number of hydrogen-bond acceptors (Lipinski definition) is 7. The fourth-order valence-corrected chi connectivity index (χ4v) is 5.38. The molecule has 1 amide bonds. The maximum Gasteiger partial charge on any atom is 0.219 e. The molecule has 0 spiro atoms. The third-order valence-electron chi connectivity index (χ3n) is 6.71. The zero-order chi connectivity index (χ0) is 26.0. The highest BCUT2D eigenvalue weighted by Gasteiger charge is 2.45. The maximum atomic E-state index is 11.7. The average molecular weight is 546 g/mol. The van der Waals surface area contributed by atoms with Gasteiger partial charge in [-0.1, -0.05) is 29.3 Å². The van der Waals surface area contributed by atoms with Gasteiger partial charge in [-0.2, -0.15) is 5.10 Å². The van der Waals surface area contributed by atoms with E-state index < -0.39 is 5.79 Å². The molecule has 2 aromatic carbocycles. The Balaban J connectivity index is 1.23. The van der Waals surface area contributed by atoms with Crippen molar-refractivity contribution in [1.82, 2.24) is 19.7 Å². The fourth-order valence-electron chi connectivity index (χ4n) is 4.83. The van der Waals surface area contributed by atoms with Crippen molar-refractivity contribution in [3.05, 3.63) is 70.7 Å². The van der Waals surface area contributed by atoms with Crippen LogP contribution in [-0.4, -0.2) is 70.6 Å². The number of nitrogens with zero attached hydrogens (tertiary/aromatic N) is 5. The van der Waals surface area contributed by atoms with Gasteiger partial charge in [0.15, 0.2) is 0 Å². The fraction of sp³-hybridized carbons (Fsp3) is 0.423. The van der Waals surface area contributed by atoms with Crippen molar-refractivity contribution in [2.24, 2.45) is 0 Å². The lowest BCUT2D eigenvalue weighted by molar-refractivity contribution is -0.190. The molecule has 0 aliphatic carbocycles. The molecular weight excluding hydrogens is 517 g/mol. The molecule has 2 fully saturated rings. The van der Waals surface area contributed by atoms with Crippen molar-refractivity contribution in [1.29, 1.82) is 0 Å². The van der Waals surface area contributed by atoms with E-state index in [1.54, 1.807) is 36.1 Å². The highest BCUT2D eigenvalue weighted by atomic mass is 35.5. The van der Waals surface area contributed by atoms with Crippen molar-refractivity contribution < 1.29 is 19.0 Å². The van der Waals surface area contributed by atoms with Gasteiger partial charge in [-0.25, -0.2) is 9.67 Å². The Morgan fingerprint density at radius 3 is 2.68 bits per heavy atom. The summed E-state index contributed by atoms with van der Waals surface area (Å²) in [5.41, 5.74) is 1.77. The SMILES string of the molecule is CC(=O)N1CCN(c2ccc(OC[C@@H]3CO[C@@](Cn4cncn4)(c4ccc(Cl)cc4Cl)O3)cc2)C(C)C1. The number of ether oxygens (including phenoxy) is 3. The number of hydrogen-bond donors (Lipinski definition) is 0. The van der Waals surface area contributed by atoms with Crippen LogP contribution in [0.5, 0.6) is 5.75 Å². The Hall–Kier alpha value is -2.85. The molecule has 196 valence electrons. The van der Waals surface area contributed by atoms with Crippen LogP contribution in [0, 0.1) is 0 Å². The molecule has 37 heavy (non-hydrogen) atoms. The highest BCUT2D eigenvalue weighted by molar-refractivity contribution is 6.35. The largest absolute Gasteiger partial charge is 0.491 e. The molecule has 11 heteroatoms. The highest BCUT2D eigenvalue weighted by Crippen LogP contribution is 2.40. The lowest BCUT2D eigenvalue weighted by Crippen LogP contribution is -2.53. The Morgan fingerprint density at radius 2 is 2.00 bits per heavy atom. The van der Waals surface area contributed by atoms with Gasteiger partial charge in [0.1, 0.15) is 37.7 Å². The van der Waals surface area contributed by atoms with E-state index in [0.717, 1.165) is 31.1 Å². The van der Waals surface area contributed by atoms with E-state index in [2.05, 4.69) is 21.9 Å². The molecule has 2 aliphatic heterocycles. The van der Waals surface area contributed by atoms with Crippen LogP contribution in [-0.2, 0) is 26.6 Å². The van der Waals surface area contributed by atoms with Crippen molar-refractivity contribution >= 4 is 34.8 Å². The molecule has 3 atom stereocenters. The topological polar surface area (TPSA) is 82.0 Å². The van der Waals surface area contributed by atoms with Crippen LogP contribution in [0.3, 0.4) is 0 Å². The standard InChI is InChI=1S/C26H29Cl2N5O4/c1-18-12-31(19(2)34)9-10-33(18)21-4-6-22(7-5-21)35-13-23-14-36-26(37-23,15-32-17-29-16-30-32)24-8-3-20(27)11-25(24)28/h3-8,11,16-18,23H,9-10,12-15H2,1-2H3/t18?,23-,26-/m1/s1. The first kappa shape index (κ1) is 25.8. The summed E-state index contributed by atoms with van der Waals surface area (Å²) in [6.07, 6.45) is 2.74. The van der Waals surface area contributed by atoms with E-state index in [1.165, 1.54) is 6.33 Å². The molecule has 0 saturated carbocycles. The van der Waals surface area contributed by atoms with Crippen LogP contribution in [0.25, 0.3) is 0 Å². The van der Waals surface area contributed by atoms with Gasteiger partial charge in [0, 0.05) is 48.9 Å². The summed E-state index contributed by atoms with van der Waals surface area (Å²) in [5.74, 6) is -0.288. The van der Waals surface area contributed by atoms with E-state index >= 15 is 0 Å². The Kier molecular flexibility index (Phi) is 7.57. The molecule has 1 unspecified atom stereocenters. The summed E-state index contributed by atoms with van der Waals surface area (Å²) in [5, 5.41) is 5.18. The summed E-state index contributed by atoms with van der Waals surface area (Å²) in [4.78, 5) is 19.9. The van der Waals surface area contributed by atoms with Gasteiger partial charge >= 0.3 is 0 Å². The zero-order valence-corrected chi connectivity index (χ0v) is 22.2. The zero-order valence-electron chi connectivity index (χ0n) is 20.7. The summed E-state index contributed by atoms with van der Waals surface area (Å²) >= 11 is 12.6. The first-order chi connectivity index (χ1) is 17.8. The van der Waals surface area contributed by atoms with Crippen LogP contribution in [0.4, 0.5) is 5.69 Å². The van der Waals surface area contributed by atoms with Gasteiger partial charge < -0.3 is 24.0 Å². The minimum absolute atomic E-state index is 0.122. The van der Waals surface area contributed by atoms with Gasteiger partial charge in [-0.3, -0.25) is 4.79 Å². The Bertz CT molecular complexity index is 1230. The summed E-state index contributed by atoms with van der Waals surface area (Å²) in [6.45, 7) is 6.91. The molecule has 2 saturated heterocycles. The maximum absolute atomic E-state index is 11.7. The first-order valence-electron chi connectivity index (χ1n) is 12.2. The predicted octanol–water partition coefficient (Wildman–Crippen LogP) is 3.99. The van der Waals surface area contributed by atoms with Crippen LogP contribution in [0.2, 0.25) is 10.0 Å². The summed E-state index contributed by atoms with van der Waals surface area (Å²) < 4.78 is 20.3. The van der Waals surface area contributed by atoms with E-state index in [1.807, 2.05) is 29.2 Å². The molecule has 9 nitrogen and oxygen atoms in total. The van der Waals surface area contributed by atoms with E-state index in [-0.39, 0.29) is 24.6 Å². The number of anilines is 1. The van der Waals surface area contributed by atoms with Crippen molar-refractivity contribution in [2.45, 2.75) is 38.3 Å². The number of carbonyl (C=O) groups is 1. The minimum atomic E-state index is -1.15. The van der Waals surface area contributed by atoms with Gasteiger partial charge in [0.2, 0.25) is 11.7 Å². The minimum Gasteiger partial charge on any atom is -0.491 e. The smallest absolute Gasteiger partial charge is 0.219 e. The second-order valence-corrected chi connectivity index (χ2v) is 10.2. The van der Waals surface area contributed by atoms with Crippen LogP contribution in [0.1, 0.15) is 19.4 Å². The normalized spacial score (nSPS) is 23.9.